The van der Waals surface area contributed by atoms with E-state index < -0.39 is 78.3 Å². The molecule has 2 fully saturated rings. The van der Waals surface area contributed by atoms with Crippen LogP contribution in [0.25, 0.3) is 22.3 Å². The lowest BCUT2D eigenvalue weighted by Gasteiger charge is -2.28. The van der Waals surface area contributed by atoms with E-state index in [-0.39, 0.29) is 29.4 Å². The summed E-state index contributed by atoms with van der Waals surface area (Å²) >= 11 is 8.93. The first-order valence-corrected chi connectivity index (χ1v) is 27.7. The zero-order chi connectivity index (χ0) is 41.0. The summed E-state index contributed by atoms with van der Waals surface area (Å²) in [5.74, 6) is 0.341. The summed E-state index contributed by atoms with van der Waals surface area (Å²) < 4.78 is 90.7. The Labute approximate surface area is 333 Å². The molecule has 4 aromatic heterocycles. The highest BCUT2D eigenvalue weighted by atomic mass is 35.5. The van der Waals surface area contributed by atoms with Gasteiger partial charge in [0.25, 0.3) is 0 Å². The largest absolute Gasteiger partial charge is 0.387 e. The van der Waals surface area contributed by atoms with Crippen LogP contribution in [0.4, 0.5) is 11.6 Å². The van der Waals surface area contributed by atoms with Gasteiger partial charge in [0, 0.05) is 26.7 Å². The van der Waals surface area contributed by atoms with Crippen molar-refractivity contribution in [2.45, 2.75) is 64.9 Å². The van der Waals surface area contributed by atoms with Crippen LogP contribution in [-0.4, -0.2) is 131 Å². The second-order valence-electron chi connectivity index (χ2n) is 13.1. The summed E-state index contributed by atoms with van der Waals surface area (Å²) in [7, 11) is -17.0. The standard InChI is InChI=1S/C27H41ClN10O12P4S2/c1-51(41,49-53(3,43)45-9-13-7-8-15(47-13)37-11-31-16-20(29)33-26(55-5)35-22(16)37)25(28)52(2,42)50-54(4,44)46-10-14-18(39)19(40)24(48-14)38-12-32-17-21(30)34-27(56-6)36-23(17)38/h11-15,18-19,24-25,39-40H,7-10H2,1-6H3,(H2,29,33,35)(H2,30,34,36). The molecule has 6 heterocycles. The SMILES string of the molecule is CSc1nc(N)c2ncn(C3CCC(COP(C)(=O)OP(C)(=O)C(Cl)P(C)(=O)OP(C)(=O)OCC4OC(n5cnc6c(N)nc(SC)nc65)C(O)C4O)O3)c2n1. The molecule has 11 unspecified atom stereocenters. The fourth-order valence-electron chi connectivity index (χ4n) is 6.05. The third-order valence-corrected chi connectivity index (χ3v) is 22.1. The number of halogens is 1. The lowest BCUT2D eigenvalue weighted by atomic mass is 10.1. The summed E-state index contributed by atoms with van der Waals surface area (Å²) in [6.07, 6.45) is 0.937. The number of aliphatic hydroxyl groups is 2. The number of nitrogen functional groups attached to an aromatic ring is 2. The molecular weight excluding hydrogens is 880 g/mol. The smallest absolute Gasteiger partial charge is 0.333 e. The van der Waals surface area contributed by atoms with Gasteiger partial charge >= 0.3 is 15.2 Å². The molecule has 0 spiro atoms. The molecule has 29 heteroatoms. The predicted molar refractivity (Wildman–Crippen MR) is 210 cm³/mol. The number of rotatable bonds is 16. The number of fused-ring (bicyclic) bond motifs is 2. The van der Waals surface area contributed by atoms with Crippen molar-refractivity contribution in [1.29, 1.82) is 0 Å². The fourth-order valence-corrected chi connectivity index (χ4v) is 17.8. The fraction of sp³-hybridized carbons (Fsp3) is 0.630. The number of hydrogen-bond donors (Lipinski definition) is 4. The molecule has 2 aliphatic heterocycles. The number of thioether (sulfide) groups is 2. The Bertz CT molecular complexity index is 2310. The van der Waals surface area contributed by atoms with E-state index in [0.717, 1.165) is 26.7 Å². The van der Waals surface area contributed by atoms with Gasteiger partial charge in [-0.3, -0.25) is 27.4 Å². The normalized spacial score (nSPS) is 27.9. The van der Waals surface area contributed by atoms with Gasteiger partial charge in [-0.1, -0.05) is 23.5 Å². The molecule has 2 aliphatic rings. The van der Waals surface area contributed by atoms with Crippen LogP contribution >= 0.6 is 65.1 Å². The van der Waals surface area contributed by atoms with Crippen LogP contribution in [0.5, 0.6) is 0 Å². The summed E-state index contributed by atoms with van der Waals surface area (Å²) in [5.41, 5.74) is 13.4. The maximum absolute atomic E-state index is 13.7. The van der Waals surface area contributed by atoms with Gasteiger partial charge in [0.15, 0.2) is 44.3 Å². The van der Waals surface area contributed by atoms with E-state index in [4.69, 9.17) is 50.2 Å². The minimum Gasteiger partial charge on any atom is -0.387 e. The molecule has 6 N–H and O–H groups in total. The number of alkyl halides is 1. The van der Waals surface area contributed by atoms with E-state index in [1.807, 2.05) is 6.26 Å². The number of aliphatic hydroxyl groups excluding tert-OH is 2. The Kier molecular flexibility index (Phi) is 13.1. The summed E-state index contributed by atoms with van der Waals surface area (Å²) in [6.45, 7) is 3.21. The molecule has 0 aliphatic carbocycles. The first-order valence-electron chi connectivity index (χ1n) is 16.6. The van der Waals surface area contributed by atoms with Crippen molar-refractivity contribution in [3.05, 3.63) is 12.7 Å². The molecule has 2 saturated heterocycles. The molecule has 0 aromatic carbocycles. The Hall–Kier alpha value is -1.71. The highest BCUT2D eigenvalue weighted by molar-refractivity contribution is 7.98. The number of nitrogens with two attached hydrogens (primary N) is 2. The number of nitrogens with zero attached hydrogens (tertiary/aromatic N) is 8. The predicted octanol–water partition coefficient (Wildman–Crippen LogP) is 4.62. The van der Waals surface area contributed by atoms with Crippen molar-refractivity contribution in [2.24, 2.45) is 0 Å². The van der Waals surface area contributed by atoms with E-state index in [1.54, 1.807) is 17.2 Å². The number of imidazole rings is 2. The van der Waals surface area contributed by atoms with Crippen LogP contribution in [0.3, 0.4) is 0 Å². The zero-order valence-corrected chi connectivity index (χ0v) is 36.7. The van der Waals surface area contributed by atoms with Crippen LogP contribution in [-0.2, 0) is 45.4 Å². The van der Waals surface area contributed by atoms with Gasteiger partial charge in [-0.25, -0.2) is 38.5 Å². The van der Waals surface area contributed by atoms with Gasteiger partial charge in [-0.15, -0.1) is 11.6 Å². The Morgan fingerprint density at radius 3 is 1.84 bits per heavy atom. The zero-order valence-electron chi connectivity index (χ0n) is 30.7. The molecule has 0 saturated carbocycles. The van der Waals surface area contributed by atoms with Crippen LogP contribution in [0.15, 0.2) is 23.0 Å². The number of hydrogen-bond acceptors (Lipinski definition) is 22. The number of aromatic nitrogens is 8. The van der Waals surface area contributed by atoms with Crippen LogP contribution in [0.1, 0.15) is 25.3 Å². The van der Waals surface area contributed by atoms with Crippen molar-refractivity contribution >= 4 is 99.0 Å². The van der Waals surface area contributed by atoms with E-state index in [1.165, 1.54) is 34.4 Å². The lowest BCUT2D eigenvalue weighted by Crippen LogP contribution is -2.33. The van der Waals surface area contributed by atoms with Crippen molar-refractivity contribution in [1.82, 2.24) is 39.0 Å². The maximum atomic E-state index is 13.7. The monoisotopic (exact) mass is 920 g/mol. The number of ether oxygens (including phenoxy) is 2. The Morgan fingerprint density at radius 1 is 0.804 bits per heavy atom. The third-order valence-electron chi connectivity index (χ3n) is 8.59. The van der Waals surface area contributed by atoms with E-state index in [0.29, 0.717) is 34.3 Å². The molecule has 22 nitrogen and oxygen atoms in total. The lowest BCUT2D eigenvalue weighted by molar-refractivity contribution is -0.0481. The minimum atomic E-state index is -4.33. The molecular formula is C27H41ClN10O12P4S2. The van der Waals surface area contributed by atoms with Crippen molar-refractivity contribution in [2.75, 3.05) is 63.9 Å². The number of anilines is 2. The molecule has 310 valence electrons. The molecule has 0 amide bonds. The molecule has 11 atom stereocenters. The third kappa shape index (κ3) is 9.35. The van der Waals surface area contributed by atoms with Crippen molar-refractivity contribution in [3.63, 3.8) is 0 Å². The summed E-state index contributed by atoms with van der Waals surface area (Å²) in [5, 5.41) is 22.4. The quantitative estimate of drug-likeness (QED) is 0.0515. The molecule has 6 rings (SSSR count). The van der Waals surface area contributed by atoms with Gasteiger partial charge in [0.2, 0.25) is 14.7 Å². The average Bonchev–Trinajstić information content (AvgIpc) is 3.91. The van der Waals surface area contributed by atoms with Gasteiger partial charge in [-0.2, -0.15) is 0 Å². The van der Waals surface area contributed by atoms with Crippen LogP contribution < -0.4 is 11.5 Å². The van der Waals surface area contributed by atoms with Gasteiger partial charge in [0.05, 0.1) is 32.0 Å². The van der Waals surface area contributed by atoms with Gasteiger partial charge in [-0.05, 0) is 25.4 Å². The average molecular weight is 921 g/mol. The second-order valence-corrected chi connectivity index (χ2v) is 25.7. The molecule has 0 radical (unpaired) electrons. The highest BCUT2D eigenvalue weighted by Crippen LogP contribution is 2.76. The van der Waals surface area contributed by atoms with Crippen molar-refractivity contribution < 1.29 is 55.6 Å². The van der Waals surface area contributed by atoms with Crippen molar-refractivity contribution in [3.8, 4) is 0 Å². The highest BCUT2D eigenvalue weighted by Gasteiger charge is 2.49. The first-order chi connectivity index (χ1) is 26.1. The second kappa shape index (κ2) is 16.7. The topological polar surface area (TPSA) is 303 Å². The van der Waals surface area contributed by atoms with Crippen LogP contribution in [0.2, 0.25) is 0 Å². The molecule has 56 heavy (non-hydrogen) atoms. The minimum absolute atomic E-state index is 0.106. The first kappa shape index (κ1) is 43.9. The van der Waals surface area contributed by atoms with Gasteiger partial charge < -0.3 is 40.2 Å². The molecule has 0 bridgehead atoms. The Balaban J connectivity index is 1.02. The van der Waals surface area contributed by atoms with Crippen LogP contribution in [0, 0.1) is 0 Å². The maximum Gasteiger partial charge on any atom is 0.333 e. The Morgan fingerprint density at radius 2 is 1.30 bits per heavy atom. The van der Waals surface area contributed by atoms with E-state index in [9.17, 15) is 28.5 Å². The molecule has 4 aromatic rings. The summed E-state index contributed by atoms with van der Waals surface area (Å²) in [4.78, 5) is 23.7. The van der Waals surface area contributed by atoms with Gasteiger partial charge in [0.1, 0.15) is 35.6 Å². The van der Waals surface area contributed by atoms with E-state index >= 15 is 0 Å². The van der Waals surface area contributed by atoms with E-state index in [2.05, 4.69) is 29.9 Å². The summed E-state index contributed by atoms with van der Waals surface area (Å²) in [6, 6.07) is 0.